The monoisotopic (exact) mass is 1230 g/mol. The summed E-state index contributed by atoms with van der Waals surface area (Å²) in [6.45, 7) is 9.04. The van der Waals surface area contributed by atoms with Gasteiger partial charge in [-0.25, -0.2) is 29.9 Å². The van der Waals surface area contributed by atoms with E-state index in [4.69, 9.17) is 76.3 Å². The third-order valence-electron chi connectivity index (χ3n) is 15.1. The molecule has 0 spiro atoms. The molecule has 0 saturated carbocycles. The number of hydrogen-bond acceptors (Lipinski definition) is 10. The third kappa shape index (κ3) is 15.8. The number of unbranched alkanes of at least 4 members (excludes halogenated alkanes) is 20. The van der Waals surface area contributed by atoms with Crippen LogP contribution in [0.4, 0.5) is 0 Å². The van der Waals surface area contributed by atoms with E-state index >= 15 is 0 Å². The number of aromatic amines is 2. The van der Waals surface area contributed by atoms with Crippen molar-refractivity contribution in [1.82, 2.24) is 39.9 Å². The van der Waals surface area contributed by atoms with Crippen LogP contribution in [0.2, 0.25) is 20.1 Å². The largest absolute Gasteiger partial charge is 0.324 e. The molecule has 0 aliphatic carbocycles. The maximum atomic E-state index is 7.27. The van der Waals surface area contributed by atoms with Crippen molar-refractivity contribution in [2.45, 2.75) is 201 Å². The number of benzene rings is 4. The molecule has 0 unspecified atom stereocenters. The van der Waals surface area contributed by atoms with Gasteiger partial charge in [-0.3, -0.25) is 0 Å². The second kappa shape index (κ2) is 31.1. The summed E-state index contributed by atoms with van der Waals surface area (Å²) in [6, 6.07) is 16.7. The molecule has 4 aromatic carbocycles. The summed E-state index contributed by atoms with van der Waals surface area (Å²) in [4.78, 5) is 43.6. The highest BCUT2D eigenvalue weighted by Crippen LogP contribution is 2.45. The van der Waals surface area contributed by atoms with Crippen molar-refractivity contribution in [3.8, 4) is 45.6 Å². The minimum absolute atomic E-state index is 0.489. The van der Waals surface area contributed by atoms with Gasteiger partial charge in [-0.05, 0) is 97.2 Å². The van der Waals surface area contributed by atoms with Crippen molar-refractivity contribution in [3.05, 3.63) is 68.6 Å². The van der Waals surface area contributed by atoms with E-state index in [9.17, 15) is 0 Å². The van der Waals surface area contributed by atoms with Crippen LogP contribution in [0, 0.1) is 0 Å². The average Bonchev–Trinajstić information content (AvgIpc) is 4.18. The number of rotatable bonds is 32. The summed E-state index contributed by atoms with van der Waals surface area (Å²) >= 11 is 36.2. The van der Waals surface area contributed by atoms with Crippen molar-refractivity contribution in [2.24, 2.45) is 0 Å². The van der Waals surface area contributed by atoms with E-state index in [-0.39, 0.29) is 0 Å². The van der Waals surface area contributed by atoms with E-state index < -0.39 is 0 Å². The predicted octanol–water partition coefficient (Wildman–Crippen LogP) is 23.3. The lowest BCUT2D eigenvalue weighted by Crippen LogP contribution is -1.88. The standard InChI is InChI=1S/C64H78Cl4N8S4/c1-5-9-13-17-21-25-29-77-53-37-45-41(33-49(53)65)57-69-58-42-34-50(66)55(79-31-27-23-19-15-11-7-3)39-47(42)63(71-58)76-64-48-40-56(80-32-28-24-20-16-12-8-4)52(68)36-44(48)60(75-64)74-62-46-38-54(78-30-26-22-18-14-10-6-2)51(67)35-43(46)59(73-62)72-61(45)70-57/h33-40H,5-32H2,1-4H3,(H2,69,70,71,72,73,74,75,76). The fourth-order valence-electron chi connectivity index (χ4n) is 10.5. The summed E-state index contributed by atoms with van der Waals surface area (Å²) in [5, 5.41) is 6.10. The van der Waals surface area contributed by atoms with Crippen LogP contribution in [0.3, 0.4) is 0 Å². The lowest BCUT2D eigenvalue weighted by molar-refractivity contribution is 0.627. The van der Waals surface area contributed by atoms with Gasteiger partial charge in [-0.2, -0.15) is 0 Å². The molecular weight excluding hydrogens is 1150 g/mol. The lowest BCUT2D eigenvalue weighted by atomic mass is 10.1. The second-order valence-corrected chi connectivity index (χ2v) is 27.6. The van der Waals surface area contributed by atoms with Gasteiger partial charge in [0.15, 0.2) is 23.3 Å². The molecule has 3 aromatic heterocycles. The summed E-state index contributed by atoms with van der Waals surface area (Å²) in [6.07, 6.45) is 29.6. The van der Waals surface area contributed by atoms with Gasteiger partial charge >= 0.3 is 0 Å². The van der Waals surface area contributed by atoms with Gasteiger partial charge in [0.05, 0.1) is 20.1 Å². The molecule has 2 aliphatic rings. The van der Waals surface area contributed by atoms with Gasteiger partial charge < -0.3 is 9.97 Å². The van der Waals surface area contributed by atoms with E-state index in [1.807, 2.05) is 24.3 Å². The Hall–Kier alpha value is -3.20. The van der Waals surface area contributed by atoms with Gasteiger partial charge in [0.25, 0.3) is 0 Å². The summed E-state index contributed by atoms with van der Waals surface area (Å²) < 4.78 is 0. The van der Waals surface area contributed by atoms with Crippen LogP contribution < -0.4 is 0 Å². The molecule has 0 saturated heterocycles. The van der Waals surface area contributed by atoms with E-state index in [0.29, 0.717) is 66.0 Å². The lowest BCUT2D eigenvalue weighted by Gasteiger charge is -2.08. The van der Waals surface area contributed by atoms with Gasteiger partial charge in [-0.15, -0.1) is 47.0 Å². The minimum atomic E-state index is 0.489. The van der Waals surface area contributed by atoms with Gasteiger partial charge in [0, 0.05) is 63.4 Å². The van der Waals surface area contributed by atoms with E-state index in [2.05, 4.69) is 61.9 Å². The van der Waals surface area contributed by atoms with Crippen molar-refractivity contribution in [2.75, 3.05) is 23.0 Å². The Bertz CT molecular complexity index is 3400. The van der Waals surface area contributed by atoms with Crippen LogP contribution in [0.25, 0.3) is 89.7 Å². The highest BCUT2D eigenvalue weighted by Gasteiger charge is 2.26. The number of hydrogen-bond donors (Lipinski definition) is 2. The highest BCUT2D eigenvalue weighted by molar-refractivity contribution is 8.00. The zero-order valence-electron chi connectivity index (χ0n) is 47.2. The van der Waals surface area contributed by atoms with Crippen LogP contribution >= 0.6 is 93.5 Å². The van der Waals surface area contributed by atoms with Crippen molar-refractivity contribution in [3.63, 3.8) is 0 Å². The number of nitrogens with zero attached hydrogens (tertiary/aromatic N) is 6. The molecule has 8 nitrogen and oxygen atoms in total. The normalized spacial score (nSPS) is 12.1. The number of fused-ring (bicyclic) bond motifs is 20. The Morgan fingerprint density at radius 3 is 0.825 bits per heavy atom. The molecule has 16 heteroatoms. The molecule has 7 aromatic rings. The Balaban J connectivity index is 1.22. The Morgan fingerprint density at radius 2 is 0.525 bits per heavy atom. The average molecular weight is 1230 g/mol. The van der Waals surface area contributed by atoms with Crippen molar-refractivity contribution < 1.29 is 0 Å². The predicted molar refractivity (Wildman–Crippen MR) is 352 cm³/mol. The van der Waals surface area contributed by atoms with Crippen LogP contribution in [-0.2, 0) is 0 Å². The van der Waals surface area contributed by atoms with Crippen molar-refractivity contribution >= 4 is 138 Å². The smallest absolute Gasteiger partial charge is 0.164 e. The first-order chi connectivity index (χ1) is 39.2. The van der Waals surface area contributed by atoms with E-state index in [0.717, 1.165) is 112 Å². The molecule has 9 rings (SSSR count). The molecule has 8 bridgehead atoms. The zero-order valence-corrected chi connectivity index (χ0v) is 53.5. The number of nitrogens with one attached hydrogen (secondary N) is 2. The molecule has 2 aliphatic heterocycles. The summed E-state index contributed by atoms with van der Waals surface area (Å²) in [5.41, 5.74) is 5.71. The number of halogens is 4. The van der Waals surface area contributed by atoms with Crippen LogP contribution in [0.1, 0.15) is 182 Å². The van der Waals surface area contributed by atoms with Gasteiger partial charge in [0.1, 0.15) is 22.6 Å². The zero-order chi connectivity index (χ0) is 55.8. The molecule has 0 radical (unpaired) electrons. The first-order valence-electron chi connectivity index (χ1n) is 29.9. The first kappa shape index (κ1) is 61.4. The maximum absolute atomic E-state index is 7.27. The quantitative estimate of drug-likeness (QED) is 0.0313. The minimum Gasteiger partial charge on any atom is -0.324 e. The van der Waals surface area contributed by atoms with Crippen LogP contribution in [-0.4, -0.2) is 62.9 Å². The molecule has 0 amide bonds. The Morgan fingerprint density at radius 1 is 0.287 bits per heavy atom. The third-order valence-corrected chi connectivity index (χ3v) is 21.3. The van der Waals surface area contributed by atoms with E-state index in [1.54, 1.807) is 47.0 Å². The molecule has 0 atom stereocenters. The van der Waals surface area contributed by atoms with Crippen LogP contribution in [0.5, 0.6) is 0 Å². The molecular formula is C64H78Cl4N8S4. The fraction of sp³-hybridized carbons (Fsp3) is 0.500. The number of aromatic nitrogens is 8. The maximum Gasteiger partial charge on any atom is 0.164 e. The fourth-order valence-corrected chi connectivity index (χ4v) is 15.7. The SMILES string of the molecule is CCCCCCCCSc1cc2c(cc1Cl)-c1nc-2nc2[nH]c(nc3nc(nc4[nH]c(n1)c1cc(SCCCCCCCC)c(Cl)cc41)-c1cc(Cl)c(SCCCCCCCC)cc1-3)c1cc(SCCCCCCCC)c(Cl)cc21. The first-order valence-corrected chi connectivity index (χ1v) is 35.3. The molecule has 2 N–H and O–H groups in total. The van der Waals surface area contributed by atoms with Crippen LogP contribution in [0.15, 0.2) is 68.1 Å². The number of thioether (sulfide) groups is 4. The topological polar surface area (TPSA) is 109 Å². The van der Waals surface area contributed by atoms with Gasteiger partial charge in [-0.1, -0.05) is 203 Å². The molecule has 426 valence electrons. The number of H-pyrrole nitrogens is 2. The molecule has 80 heavy (non-hydrogen) atoms. The summed E-state index contributed by atoms with van der Waals surface area (Å²) in [5.74, 6) is 5.93. The van der Waals surface area contributed by atoms with E-state index in [1.165, 1.54) is 128 Å². The molecule has 0 fully saturated rings. The summed E-state index contributed by atoms with van der Waals surface area (Å²) in [7, 11) is 0. The van der Waals surface area contributed by atoms with Gasteiger partial charge in [0.2, 0.25) is 0 Å². The highest BCUT2D eigenvalue weighted by atomic mass is 35.5. The van der Waals surface area contributed by atoms with Crippen molar-refractivity contribution in [1.29, 1.82) is 0 Å². The Kier molecular flexibility index (Phi) is 23.8. The second-order valence-electron chi connectivity index (χ2n) is 21.4. The Labute approximate surface area is 511 Å². The molecule has 5 heterocycles.